The summed E-state index contributed by atoms with van der Waals surface area (Å²) in [5.41, 5.74) is 5.07. The van der Waals surface area contributed by atoms with Crippen molar-refractivity contribution in [2.24, 2.45) is 0 Å². The lowest BCUT2D eigenvalue weighted by molar-refractivity contribution is 0.238. The fourth-order valence-corrected chi connectivity index (χ4v) is 4.11. The summed E-state index contributed by atoms with van der Waals surface area (Å²) in [7, 11) is 0. The molecule has 5 aromatic rings. The largest absolute Gasteiger partial charge is 0.508 e. The van der Waals surface area contributed by atoms with Crippen LogP contribution in [0.15, 0.2) is 109 Å². The first-order valence-corrected chi connectivity index (χ1v) is 11.1. The van der Waals surface area contributed by atoms with Crippen LogP contribution >= 0.6 is 0 Å². The Balaban J connectivity index is 1.45. The third-order valence-corrected chi connectivity index (χ3v) is 5.78. The summed E-state index contributed by atoms with van der Waals surface area (Å²) in [6.07, 6.45) is 3.62. The van der Waals surface area contributed by atoms with Gasteiger partial charge in [-0.2, -0.15) is 0 Å². The van der Waals surface area contributed by atoms with E-state index in [4.69, 9.17) is 0 Å². The Hall–Kier alpha value is -4.02. The smallest absolute Gasteiger partial charge is 0.120 e. The molecule has 0 atom stereocenters. The quantitative estimate of drug-likeness (QED) is 0.333. The molecule has 2 aromatic heterocycles. The van der Waals surface area contributed by atoms with Crippen molar-refractivity contribution in [1.82, 2.24) is 14.9 Å². The van der Waals surface area contributed by atoms with Gasteiger partial charge < -0.3 is 5.11 Å². The molecule has 4 nitrogen and oxygen atoms in total. The maximum atomic E-state index is 10.7. The van der Waals surface area contributed by atoms with Crippen LogP contribution < -0.4 is 0 Å². The van der Waals surface area contributed by atoms with E-state index in [-0.39, 0.29) is 0 Å². The summed E-state index contributed by atoms with van der Waals surface area (Å²) in [6.45, 7) is 1.91. The number of nitrogens with zero attached hydrogens (tertiary/aromatic N) is 3. The van der Waals surface area contributed by atoms with E-state index < -0.39 is 0 Å². The number of phenolic OH excluding ortho intramolecular Hbond substituents is 1. The van der Waals surface area contributed by atoms with Gasteiger partial charge in [0.25, 0.3) is 0 Å². The fraction of sp³-hybridized carbons (Fsp3) is 0.103. The molecule has 0 amide bonds. The molecule has 3 aromatic carbocycles. The van der Waals surface area contributed by atoms with Crippen molar-refractivity contribution >= 4 is 10.8 Å². The second kappa shape index (κ2) is 9.63. The van der Waals surface area contributed by atoms with E-state index in [0.29, 0.717) is 25.4 Å². The van der Waals surface area contributed by atoms with E-state index in [1.54, 1.807) is 6.07 Å². The standard InChI is InChI=1S/C29H25N3O/c33-29-14-13-25(24-12-11-22-7-1-2-8-23(22)17-24)18-26(29)19-32(20-27-9-3-5-15-30-27)21-28-10-4-6-16-31-28/h1-18,33H,19-21H2. The average Bonchev–Trinajstić information content (AvgIpc) is 2.86. The number of phenols is 1. The lowest BCUT2D eigenvalue weighted by atomic mass is 9.99. The number of pyridine rings is 2. The van der Waals surface area contributed by atoms with E-state index in [1.165, 1.54) is 10.8 Å². The molecule has 0 saturated carbocycles. The maximum absolute atomic E-state index is 10.7. The van der Waals surface area contributed by atoms with Crippen LogP contribution in [0.1, 0.15) is 17.0 Å². The number of aromatic nitrogens is 2. The number of benzene rings is 3. The summed E-state index contributed by atoms with van der Waals surface area (Å²) in [5.74, 6) is 0.298. The second-order valence-corrected chi connectivity index (χ2v) is 8.19. The van der Waals surface area contributed by atoms with Gasteiger partial charge in [-0.05, 0) is 64.4 Å². The summed E-state index contributed by atoms with van der Waals surface area (Å²) >= 11 is 0. The monoisotopic (exact) mass is 431 g/mol. The predicted molar refractivity (Wildman–Crippen MR) is 132 cm³/mol. The molecule has 1 N–H and O–H groups in total. The van der Waals surface area contributed by atoms with E-state index in [1.807, 2.05) is 54.9 Å². The topological polar surface area (TPSA) is 49.2 Å². The highest BCUT2D eigenvalue weighted by atomic mass is 16.3. The predicted octanol–water partition coefficient (Wildman–Crippen LogP) is 6.20. The minimum atomic E-state index is 0.298. The summed E-state index contributed by atoms with van der Waals surface area (Å²) in [4.78, 5) is 11.2. The molecule has 0 radical (unpaired) electrons. The lowest BCUT2D eigenvalue weighted by Crippen LogP contribution is -2.23. The molecular formula is C29H25N3O. The van der Waals surface area contributed by atoms with E-state index in [0.717, 1.165) is 28.1 Å². The Morgan fingerprint density at radius 1 is 0.576 bits per heavy atom. The first kappa shape index (κ1) is 20.9. The Labute approximate surface area is 193 Å². The highest BCUT2D eigenvalue weighted by molar-refractivity contribution is 5.87. The Bertz CT molecular complexity index is 1310. The van der Waals surface area contributed by atoms with Crippen molar-refractivity contribution in [1.29, 1.82) is 0 Å². The molecule has 0 bridgehead atoms. The van der Waals surface area contributed by atoms with Crippen LogP contribution in [0.25, 0.3) is 21.9 Å². The molecule has 5 rings (SSSR count). The number of rotatable bonds is 7. The highest BCUT2D eigenvalue weighted by Gasteiger charge is 2.13. The minimum Gasteiger partial charge on any atom is -0.508 e. The molecule has 162 valence electrons. The van der Waals surface area contributed by atoms with Crippen molar-refractivity contribution in [2.45, 2.75) is 19.6 Å². The second-order valence-electron chi connectivity index (χ2n) is 8.19. The number of hydrogen-bond acceptors (Lipinski definition) is 4. The molecular weight excluding hydrogens is 406 g/mol. The average molecular weight is 432 g/mol. The SMILES string of the molecule is Oc1ccc(-c2ccc3ccccc3c2)cc1CN(Cc1ccccn1)Cc1ccccn1. The van der Waals surface area contributed by atoms with Crippen molar-refractivity contribution < 1.29 is 5.11 Å². The maximum Gasteiger partial charge on any atom is 0.120 e. The third kappa shape index (κ3) is 5.08. The van der Waals surface area contributed by atoms with Crippen LogP contribution in [0.4, 0.5) is 0 Å². The van der Waals surface area contributed by atoms with E-state index >= 15 is 0 Å². The Kier molecular flexibility index (Phi) is 6.09. The van der Waals surface area contributed by atoms with Gasteiger partial charge in [-0.3, -0.25) is 14.9 Å². The molecule has 0 unspecified atom stereocenters. The van der Waals surface area contributed by atoms with Gasteiger partial charge in [0.2, 0.25) is 0 Å². The fourth-order valence-electron chi connectivity index (χ4n) is 4.11. The zero-order valence-electron chi connectivity index (χ0n) is 18.3. The van der Waals surface area contributed by atoms with Gasteiger partial charge in [-0.25, -0.2) is 0 Å². The van der Waals surface area contributed by atoms with Crippen LogP contribution in [0, 0.1) is 0 Å². The van der Waals surface area contributed by atoms with Crippen LogP contribution in [0.2, 0.25) is 0 Å². The highest BCUT2D eigenvalue weighted by Crippen LogP contribution is 2.29. The molecule has 0 saturated heterocycles. The van der Waals surface area contributed by atoms with Gasteiger partial charge in [0.1, 0.15) is 5.75 Å². The summed E-state index contributed by atoms with van der Waals surface area (Å²) in [5, 5.41) is 13.1. The Morgan fingerprint density at radius 3 is 1.85 bits per heavy atom. The molecule has 4 heteroatoms. The van der Waals surface area contributed by atoms with Crippen LogP contribution in [-0.4, -0.2) is 20.0 Å². The number of aromatic hydroxyl groups is 1. The Morgan fingerprint density at radius 2 is 1.18 bits per heavy atom. The minimum absolute atomic E-state index is 0.298. The zero-order valence-corrected chi connectivity index (χ0v) is 18.3. The molecule has 33 heavy (non-hydrogen) atoms. The molecule has 0 aliphatic rings. The zero-order chi connectivity index (χ0) is 22.5. The van der Waals surface area contributed by atoms with Gasteiger partial charge >= 0.3 is 0 Å². The van der Waals surface area contributed by atoms with Crippen LogP contribution in [0.5, 0.6) is 5.75 Å². The number of hydrogen-bond donors (Lipinski definition) is 1. The normalized spacial score (nSPS) is 11.2. The summed E-state index contributed by atoms with van der Waals surface area (Å²) in [6, 6.07) is 32.6. The van der Waals surface area contributed by atoms with Crippen LogP contribution in [-0.2, 0) is 19.6 Å². The van der Waals surface area contributed by atoms with Crippen molar-refractivity contribution in [3.8, 4) is 16.9 Å². The van der Waals surface area contributed by atoms with Gasteiger partial charge in [0, 0.05) is 37.6 Å². The lowest BCUT2D eigenvalue weighted by Gasteiger charge is -2.22. The molecule has 0 aliphatic carbocycles. The van der Waals surface area contributed by atoms with Crippen molar-refractivity contribution in [2.75, 3.05) is 0 Å². The van der Waals surface area contributed by atoms with Gasteiger partial charge in [-0.1, -0.05) is 54.6 Å². The molecule has 0 aliphatic heterocycles. The molecule has 2 heterocycles. The van der Waals surface area contributed by atoms with E-state index in [9.17, 15) is 5.11 Å². The first-order valence-electron chi connectivity index (χ1n) is 11.1. The van der Waals surface area contributed by atoms with Crippen molar-refractivity contribution in [3.05, 3.63) is 126 Å². The van der Waals surface area contributed by atoms with Crippen molar-refractivity contribution in [3.63, 3.8) is 0 Å². The van der Waals surface area contributed by atoms with Gasteiger partial charge in [0.05, 0.1) is 11.4 Å². The third-order valence-electron chi connectivity index (χ3n) is 5.78. The molecule has 0 fully saturated rings. The summed E-state index contributed by atoms with van der Waals surface area (Å²) < 4.78 is 0. The first-order chi connectivity index (χ1) is 16.2. The van der Waals surface area contributed by atoms with E-state index in [2.05, 4.69) is 63.4 Å². The molecule has 0 spiro atoms. The van der Waals surface area contributed by atoms with Crippen LogP contribution in [0.3, 0.4) is 0 Å². The van der Waals surface area contributed by atoms with Gasteiger partial charge in [-0.15, -0.1) is 0 Å². The number of fused-ring (bicyclic) bond motifs is 1. The van der Waals surface area contributed by atoms with Gasteiger partial charge in [0.15, 0.2) is 0 Å².